The SMILES string of the molecule is C.CC(=O)/C=C\C(=O)O.COC(=O)/C=C\C(=O)O.COC(=O)/C=C\C(=O)OC.O.O.O=C1C=CC(=O)O1.[CH3+].[CH3+]. The summed E-state index contributed by atoms with van der Waals surface area (Å²) in [6, 6.07) is 0. The molecule has 1 aliphatic heterocycles. The highest BCUT2D eigenvalue weighted by atomic mass is 16.6. The van der Waals surface area contributed by atoms with E-state index in [1.165, 1.54) is 28.3 Å². The molecule has 0 saturated carbocycles. The Labute approximate surface area is 225 Å². The number of ketones is 1. The van der Waals surface area contributed by atoms with Gasteiger partial charge in [0.15, 0.2) is 5.78 Å². The standard InChI is InChI=1S/C6H8O4.C5H6O4.C5H6O3.C4H2O3.CH4.2CH3.2H2O/c1-9-5(7)3-4-6(8)10-2;1-9-5(8)3-2-4(6)7;1-4(6)2-3-5(7)8;5-3-1-2-4(6)7-3;;;;;/h3-4H,1-2H3;2-3H,1H3,(H,6,7);2-3H,1H3,(H,7,8);1-2H;1H4;2*1H3;2*1H2/q;;;;;2*+1;;/b4-3-;2*3-2-;;;;;;. The second kappa shape index (κ2) is 34.9. The van der Waals surface area contributed by atoms with E-state index >= 15 is 0 Å². The van der Waals surface area contributed by atoms with E-state index in [4.69, 9.17) is 10.2 Å². The van der Waals surface area contributed by atoms with Crippen molar-refractivity contribution in [2.75, 3.05) is 21.3 Å². The average Bonchev–Trinajstić information content (AvgIpc) is 3.17. The van der Waals surface area contributed by atoms with Crippen molar-refractivity contribution in [2.24, 2.45) is 0 Å². The zero-order valence-corrected chi connectivity index (χ0v) is 21.4. The number of hydrogen-bond donors (Lipinski definition) is 2. The van der Waals surface area contributed by atoms with Gasteiger partial charge in [0.1, 0.15) is 0 Å². The molecule has 1 heterocycles. The fourth-order valence-electron chi connectivity index (χ4n) is 0.971. The molecule has 39 heavy (non-hydrogen) atoms. The monoisotopic (exact) mass is 568 g/mol. The van der Waals surface area contributed by atoms with Crippen molar-refractivity contribution in [1.29, 1.82) is 0 Å². The zero-order chi connectivity index (χ0) is 27.1. The predicted octanol–water partition coefficient (Wildman–Crippen LogP) is -0.582. The molecule has 222 valence electrons. The molecule has 0 fully saturated rings. The summed E-state index contributed by atoms with van der Waals surface area (Å²) in [4.78, 5) is 80.0. The van der Waals surface area contributed by atoms with Crippen molar-refractivity contribution in [3.05, 3.63) is 63.5 Å². The van der Waals surface area contributed by atoms with Gasteiger partial charge in [-0.15, -0.1) is 0 Å². The Morgan fingerprint density at radius 1 is 0.641 bits per heavy atom. The van der Waals surface area contributed by atoms with Crippen molar-refractivity contribution < 1.29 is 78.5 Å². The Morgan fingerprint density at radius 3 is 1.05 bits per heavy atom. The van der Waals surface area contributed by atoms with E-state index in [0.29, 0.717) is 6.08 Å². The molecule has 1 aliphatic rings. The lowest BCUT2D eigenvalue weighted by Crippen LogP contribution is -1.98. The molecule has 0 bridgehead atoms. The van der Waals surface area contributed by atoms with Crippen molar-refractivity contribution in [3.8, 4) is 0 Å². The third kappa shape index (κ3) is 50.6. The smallest absolute Gasteiger partial charge is 0.338 e. The Bertz CT molecular complexity index is 829. The Morgan fingerprint density at radius 2 is 0.897 bits per heavy atom. The first-order chi connectivity index (χ1) is 15.8. The highest BCUT2D eigenvalue weighted by Gasteiger charge is 2.10. The molecule has 0 aromatic carbocycles. The molecule has 0 saturated heterocycles. The second-order valence-corrected chi connectivity index (χ2v) is 4.93. The summed E-state index contributed by atoms with van der Waals surface area (Å²) in [5.41, 5.74) is 0. The number of methoxy groups -OCH3 is 3. The van der Waals surface area contributed by atoms with Crippen LogP contribution in [-0.2, 0) is 57.3 Å². The average molecular weight is 569 g/mol. The van der Waals surface area contributed by atoms with Gasteiger partial charge in [0.25, 0.3) is 0 Å². The van der Waals surface area contributed by atoms with Gasteiger partial charge in [-0.05, 0) is 13.0 Å². The molecule has 0 unspecified atom stereocenters. The molecule has 0 spiro atoms. The summed E-state index contributed by atoms with van der Waals surface area (Å²) < 4.78 is 16.5. The lowest BCUT2D eigenvalue weighted by molar-refractivity contribution is -0.150. The number of rotatable bonds is 6. The maximum Gasteiger partial charge on any atom is 0.338 e. The van der Waals surface area contributed by atoms with Crippen LogP contribution in [-0.4, -0.2) is 90.1 Å². The van der Waals surface area contributed by atoms with Gasteiger partial charge in [-0.3, -0.25) is 4.79 Å². The van der Waals surface area contributed by atoms with Crippen molar-refractivity contribution >= 4 is 47.6 Å². The number of esters is 5. The topological polar surface area (TPSA) is 277 Å². The highest BCUT2D eigenvalue weighted by Crippen LogP contribution is 1.92. The molecule has 0 aliphatic carbocycles. The summed E-state index contributed by atoms with van der Waals surface area (Å²) in [6.45, 7) is 1.29. The van der Waals surface area contributed by atoms with Crippen LogP contribution in [0.1, 0.15) is 14.4 Å². The third-order valence-corrected chi connectivity index (χ3v) is 2.34. The molecular weight excluding hydrogens is 532 g/mol. The fourth-order valence-corrected chi connectivity index (χ4v) is 0.971. The lowest BCUT2D eigenvalue weighted by Gasteiger charge is -1.89. The molecular formula is C23H36O16+2. The van der Waals surface area contributed by atoms with Gasteiger partial charge in [-0.1, -0.05) is 7.43 Å². The van der Waals surface area contributed by atoms with Crippen molar-refractivity contribution in [1.82, 2.24) is 0 Å². The van der Waals surface area contributed by atoms with Gasteiger partial charge in [0, 0.05) is 57.4 Å². The van der Waals surface area contributed by atoms with E-state index < -0.39 is 41.8 Å². The number of cyclic esters (lactones) is 2. The van der Waals surface area contributed by atoms with Crippen LogP contribution in [0.4, 0.5) is 0 Å². The second-order valence-electron chi connectivity index (χ2n) is 4.93. The maximum absolute atomic E-state index is 10.3. The minimum absolute atomic E-state index is 0. The molecule has 6 N–H and O–H groups in total. The predicted molar refractivity (Wildman–Crippen MR) is 136 cm³/mol. The Balaban J connectivity index is -0.0000000528. The van der Waals surface area contributed by atoms with Crippen LogP contribution in [0.3, 0.4) is 0 Å². The number of ether oxygens (including phenoxy) is 4. The summed E-state index contributed by atoms with van der Waals surface area (Å²) in [6.07, 6.45) is 7.52. The summed E-state index contributed by atoms with van der Waals surface area (Å²) in [7, 11) is 3.63. The number of allylic oxidation sites excluding steroid dienone is 1. The van der Waals surface area contributed by atoms with E-state index in [-0.39, 0.29) is 39.0 Å². The van der Waals surface area contributed by atoms with Crippen molar-refractivity contribution in [3.63, 3.8) is 0 Å². The molecule has 0 aromatic heterocycles. The van der Waals surface area contributed by atoms with E-state index in [1.54, 1.807) is 0 Å². The quantitative estimate of drug-likeness (QED) is 0.133. The van der Waals surface area contributed by atoms with Crippen LogP contribution < -0.4 is 0 Å². The number of carbonyl (C=O) groups is 8. The first-order valence-electron chi connectivity index (χ1n) is 8.47. The van der Waals surface area contributed by atoms with Gasteiger partial charge >= 0.3 is 41.8 Å². The van der Waals surface area contributed by atoms with Crippen LogP contribution in [0, 0.1) is 14.9 Å². The van der Waals surface area contributed by atoms with E-state index in [1.807, 2.05) is 0 Å². The maximum atomic E-state index is 10.3. The molecule has 0 atom stereocenters. The van der Waals surface area contributed by atoms with Crippen molar-refractivity contribution in [2.45, 2.75) is 14.4 Å². The van der Waals surface area contributed by atoms with E-state index in [9.17, 15) is 38.4 Å². The number of carboxylic acids is 2. The van der Waals surface area contributed by atoms with E-state index in [2.05, 4.69) is 18.9 Å². The lowest BCUT2D eigenvalue weighted by atomic mass is 10.4. The summed E-state index contributed by atoms with van der Waals surface area (Å²) >= 11 is 0. The zero-order valence-electron chi connectivity index (χ0n) is 21.4. The fraction of sp³-hybridized carbons (Fsp3) is 0.217. The van der Waals surface area contributed by atoms with Crippen LogP contribution in [0.5, 0.6) is 0 Å². The Kier molecular flexibility index (Phi) is 48.9. The van der Waals surface area contributed by atoms with Gasteiger partial charge < -0.3 is 40.1 Å². The van der Waals surface area contributed by atoms with Gasteiger partial charge in [0.2, 0.25) is 0 Å². The van der Waals surface area contributed by atoms with E-state index in [0.717, 1.165) is 42.5 Å². The molecule has 0 radical (unpaired) electrons. The normalized spacial score (nSPS) is 9.74. The number of aliphatic carboxylic acids is 2. The molecule has 16 nitrogen and oxygen atoms in total. The highest BCUT2D eigenvalue weighted by molar-refractivity contribution is 6.05. The molecule has 0 amide bonds. The Hall–Kier alpha value is -5.22. The largest absolute Gasteiger partial charge is 0.478 e. The van der Waals surface area contributed by atoms with Crippen LogP contribution in [0.2, 0.25) is 0 Å². The third-order valence-electron chi connectivity index (χ3n) is 2.34. The first-order valence-corrected chi connectivity index (χ1v) is 8.47. The van der Waals surface area contributed by atoms with Gasteiger partial charge in [0.05, 0.1) is 21.3 Å². The van der Waals surface area contributed by atoms with Crippen LogP contribution in [0.15, 0.2) is 48.6 Å². The number of carbonyl (C=O) groups excluding carboxylic acids is 6. The minimum Gasteiger partial charge on any atom is -0.478 e. The summed E-state index contributed by atoms with van der Waals surface area (Å²) in [5.74, 6) is -5.50. The minimum atomic E-state index is -1.17. The van der Waals surface area contributed by atoms with Crippen LogP contribution in [0.25, 0.3) is 0 Å². The number of hydrogen-bond acceptors (Lipinski definition) is 12. The van der Waals surface area contributed by atoms with Gasteiger partial charge in [-0.2, -0.15) is 0 Å². The number of carboxylic acid groups (broad SMARTS) is 2. The van der Waals surface area contributed by atoms with Crippen LogP contribution >= 0.6 is 0 Å². The first kappa shape index (κ1) is 54.6. The molecule has 1 rings (SSSR count). The van der Waals surface area contributed by atoms with Gasteiger partial charge in [-0.25, -0.2) is 33.6 Å². The molecule has 16 heteroatoms. The molecule has 0 aromatic rings. The summed E-state index contributed by atoms with van der Waals surface area (Å²) in [5, 5.41) is 15.9.